The van der Waals surface area contributed by atoms with Gasteiger partial charge in [-0.25, -0.2) is 9.97 Å². The molecule has 1 aliphatic rings. The highest BCUT2D eigenvalue weighted by Gasteiger charge is 2.22. The number of hydrogen-bond donors (Lipinski definition) is 1. The van der Waals surface area contributed by atoms with Gasteiger partial charge in [0, 0.05) is 24.5 Å². The number of imidazole rings is 1. The Kier molecular flexibility index (Phi) is 3.41. The Labute approximate surface area is 117 Å². The number of hydrogen-bond acceptors (Lipinski definition) is 4. The Morgan fingerprint density at radius 1 is 1.47 bits per heavy atom. The predicted molar refractivity (Wildman–Crippen MR) is 78.3 cm³/mol. The molecule has 1 N–H and O–H groups in total. The van der Waals surface area contributed by atoms with E-state index in [0.29, 0.717) is 5.92 Å². The molecule has 0 aliphatic heterocycles. The van der Waals surface area contributed by atoms with Crippen molar-refractivity contribution in [1.29, 1.82) is 0 Å². The van der Waals surface area contributed by atoms with Crippen LogP contribution in [0.15, 0.2) is 12.5 Å². The predicted octanol–water partition coefficient (Wildman–Crippen LogP) is 2.92. The molecule has 2 aromatic rings. The highest BCUT2D eigenvalue weighted by molar-refractivity contribution is 7.15. The van der Waals surface area contributed by atoms with Crippen LogP contribution in [0.2, 0.25) is 0 Å². The molecule has 102 valence electrons. The molecule has 0 unspecified atom stereocenters. The normalized spacial score (nSPS) is 15.4. The van der Waals surface area contributed by atoms with Gasteiger partial charge in [-0.2, -0.15) is 0 Å². The van der Waals surface area contributed by atoms with Gasteiger partial charge < -0.3 is 9.88 Å². The maximum Gasteiger partial charge on any atom is 0.142 e. The lowest BCUT2D eigenvalue weighted by atomic mass is 10.1. The molecule has 2 heterocycles. The zero-order valence-electron chi connectivity index (χ0n) is 11.7. The molecule has 19 heavy (non-hydrogen) atoms. The molecular formula is C14H20N4S. The van der Waals surface area contributed by atoms with Crippen LogP contribution in [0, 0.1) is 0 Å². The second-order valence-corrected chi connectivity index (χ2v) is 6.61. The van der Waals surface area contributed by atoms with E-state index in [1.54, 1.807) is 11.3 Å². The number of nitrogens with zero attached hydrogens (tertiary/aromatic N) is 3. The van der Waals surface area contributed by atoms with E-state index in [0.717, 1.165) is 23.3 Å². The minimum absolute atomic E-state index is 0.467. The SMILES string of the molecule is CC(C)c1nc(-c2cncn2C)sc1CNC1CC1. The van der Waals surface area contributed by atoms with Crippen molar-refractivity contribution in [3.05, 3.63) is 23.1 Å². The van der Waals surface area contributed by atoms with E-state index in [1.807, 2.05) is 24.1 Å². The summed E-state index contributed by atoms with van der Waals surface area (Å²) in [5.74, 6) is 0.467. The molecule has 5 heteroatoms. The molecule has 0 spiro atoms. The molecule has 0 atom stereocenters. The van der Waals surface area contributed by atoms with Crippen molar-refractivity contribution in [2.24, 2.45) is 7.05 Å². The number of rotatable bonds is 5. The molecular weight excluding hydrogens is 256 g/mol. The van der Waals surface area contributed by atoms with Gasteiger partial charge in [-0.15, -0.1) is 11.3 Å². The molecule has 1 saturated carbocycles. The number of aromatic nitrogens is 3. The topological polar surface area (TPSA) is 42.7 Å². The zero-order valence-corrected chi connectivity index (χ0v) is 12.5. The van der Waals surface area contributed by atoms with Gasteiger partial charge >= 0.3 is 0 Å². The molecule has 4 nitrogen and oxygen atoms in total. The van der Waals surface area contributed by atoms with Gasteiger partial charge in [0.25, 0.3) is 0 Å². The minimum Gasteiger partial charge on any atom is -0.332 e. The summed E-state index contributed by atoms with van der Waals surface area (Å²) in [7, 11) is 2.01. The number of nitrogens with one attached hydrogen (secondary N) is 1. The largest absolute Gasteiger partial charge is 0.332 e. The smallest absolute Gasteiger partial charge is 0.142 e. The van der Waals surface area contributed by atoms with E-state index in [4.69, 9.17) is 4.98 Å². The Hall–Kier alpha value is -1.20. The molecule has 1 aliphatic carbocycles. The van der Waals surface area contributed by atoms with Gasteiger partial charge in [-0.3, -0.25) is 0 Å². The van der Waals surface area contributed by atoms with Gasteiger partial charge in [-0.1, -0.05) is 13.8 Å². The van der Waals surface area contributed by atoms with Crippen molar-refractivity contribution in [2.45, 2.75) is 45.2 Å². The summed E-state index contributed by atoms with van der Waals surface area (Å²) in [6, 6.07) is 0.738. The van der Waals surface area contributed by atoms with Gasteiger partial charge in [0.1, 0.15) is 5.01 Å². The van der Waals surface area contributed by atoms with Crippen molar-refractivity contribution in [1.82, 2.24) is 19.9 Å². The molecule has 0 aromatic carbocycles. The average molecular weight is 276 g/mol. The van der Waals surface area contributed by atoms with Gasteiger partial charge in [0.15, 0.2) is 0 Å². The van der Waals surface area contributed by atoms with E-state index in [1.165, 1.54) is 23.4 Å². The summed E-state index contributed by atoms with van der Waals surface area (Å²) in [6.07, 6.45) is 6.36. The van der Waals surface area contributed by atoms with Crippen LogP contribution >= 0.6 is 11.3 Å². The van der Waals surface area contributed by atoms with Crippen LogP contribution in [-0.2, 0) is 13.6 Å². The zero-order chi connectivity index (χ0) is 13.4. The fraction of sp³-hybridized carbons (Fsp3) is 0.571. The fourth-order valence-electron chi connectivity index (χ4n) is 2.14. The minimum atomic E-state index is 0.467. The lowest BCUT2D eigenvalue weighted by molar-refractivity contribution is 0.681. The number of thiazole rings is 1. The van der Waals surface area contributed by atoms with Gasteiger partial charge in [0.2, 0.25) is 0 Å². The van der Waals surface area contributed by atoms with Crippen LogP contribution < -0.4 is 5.32 Å². The van der Waals surface area contributed by atoms with Crippen molar-refractivity contribution >= 4 is 11.3 Å². The molecule has 3 rings (SSSR count). The Balaban J connectivity index is 1.89. The standard InChI is InChI=1S/C14H20N4S/c1-9(2)13-12(7-16-10-4-5-10)19-14(17-13)11-6-15-8-18(11)3/h6,8-10,16H,4-5,7H2,1-3H3. The number of aryl methyl sites for hydroxylation is 1. The highest BCUT2D eigenvalue weighted by Crippen LogP contribution is 2.32. The molecule has 1 fully saturated rings. The third-order valence-electron chi connectivity index (χ3n) is 3.44. The summed E-state index contributed by atoms with van der Waals surface area (Å²) < 4.78 is 2.03. The van der Waals surface area contributed by atoms with E-state index < -0.39 is 0 Å². The average Bonchev–Trinajstić information content (AvgIpc) is 2.94. The van der Waals surface area contributed by atoms with Crippen LogP contribution in [0.4, 0.5) is 0 Å². The summed E-state index contributed by atoms with van der Waals surface area (Å²) >= 11 is 1.80. The first-order valence-corrected chi connectivity index (χ1v) is 7.66. The Morgan fingerprint density at radius 3 is 2.84 bits per heavy atom. The van der Waals surface area contributed by atoms with Crippen LogP contribution in [0.3, 0.4) is 0 Å². The Morgan fingerprint density at radius 2 is 2.26 bits per heavy atom. The van der Waals surface area contributed by atoms with Crippen molar-refractivity contribution in [2.75, 3.05) is 0 Å². The fourth-order valence-corrected chi connectivity index (χ4v) is 3.36. The maximum absolute atomic E-state index is 4.83. The van der Waals surface area contributed by atoms with Crippen LogP contribution in [0.5, 0.6) is 0 Å². The van der Waals surface area contributed by atoms with Gasteiger partial charge in [0.05, 0.1) is 23.9 Å². The molecule has 0 bridgehead atoms. The lowest BCUT2D eigenvalue weighted by Crippen LogP contribution is -2.15. The summed E-state index contributed by atoms with van der Waals surface area (Å²) in [6.45, 7) is 5.37. The summed E-state index contributed by atoms with van der Waals surface area (Å²) in [4.78, 5) is 10.4. The summed E-state index contributed by atoms with van der Waals surface area (Å²) in [5.41, 5.74) is 2.33. The van der Waals surface area contributed by atoms with Crippen molar-refractivity contribution in [3.63, 3.8) is 0 Å². The molecule has 2 aromatic heterocycles. The van der Waals surface area contributed by atoms with E-state index in [-0.39, 0.29) is 0 Å². The van der Waals surface area contributed by atoms with E-state index >= 15 is 0 Å². The van der Waals surface area contributed by atoms with Crippen LogP contribution in [0.25, 0.3) is 10.7 Å². The first-order valence-electron chi connectivity index (χ1n) is 6.85. The van der Waals surface area contributed by atoms with E-state index in [2.05, 4.69) is 24.1 Å². The van der Waals surface area contributed by atoms with Crippen LogP contribution in [0.1, 0.15) is 43.2 Å². The molecule has 0 saturated heterocycles. The molecule has 0 amide bonds. The highest BCUT2D eigenvalue weighted by atomic mass is 32.1. The lowest BCUT2D eigenvalue weighted by Gasteiger charge is -2.05. The third kappa shape index (κ3) is 2.72. The Bertz CT molecular complexity index is 566. The third-order valence-corrected chi connectivity index (χ3v) is 4.53. The first kappa shape index (κ1) is 12.8. The molecule has 0 radical (unpaired) electrons. The second kappa shape index (κ2) is 5.06. The van der Waals surface area contributed by atoms with Crippen LogP contribution in [-0.4, -0.2) is 20.6 Å². The van der Waals surface area contributed by atoms with Crippen molar-refractivity contribution < 1.29 is 0 Å². The maximum atomic E-state index is 4.83. The second-order valence-electron chi connectivity index (χ2n) is 5.53. The quantitative estimate of drug-likeness (QED) is 0.913. The van der Waals surface area contributed by atoms with Crippen molar-refractivity contribution in [3.8, 4) is 10.7 Å². The summed E-state index contributed by atoms with van der Waals surface area (Å²) in [5, 5.41) is 4.67. The first-order chi connectivity index (χ1) is 9.15. The monoisotopic (exact) mass is 276 g/mol. The van der Waals surface area contributed by atoms with Gasteiger partial charge in [-0.05, 0) is 18.8 Å². The van der Waals surface area contributed by atoms with E-state index in [9.17, 15) is 0 Å².